The summed E-state index contributed by atoms with van der Waals surface area (Å²) in [7, 11) is 1.58. The van der Waals surface area contributed by atoms with Gasteiger partial charge in [0, 0.05) is 5.56 Å². The Bertz CT molecular complexity index is 403. The molecule has 14 heavy (non-hydrogen) atoms. The summed E-state index contributed by atoms with van der Waals surface area (Å²) in [5, 5.41) is 3.29. The van der Waals surface area contributed by atoms with E-state index in [0.29, 0.717) is 16.5 Å². The van der Waals surface area contributed by atoms with Crippen molar-refractivity contribution in [1.29, 1.82) is 0 Å². The molecule has 0 spiro atoms. The smallest absolute Gasteiger partial charge is 0.231 e. The molecule has 0 aliphatic carbocycles. The summed E-state index contributed by atoms with van der Waals surface area (Å²) >= 11 is 5.96. The zero-order chi connectivity index (χ0) is 10.3. The molecule has 0 radical (unpaired) electrons. The number of halogens is 1. The van der Waals surface area contributed by atoms with Crippen molar-refractivity contribution in [1.82, 2.24) is 0 Å². The monoisotopic (exact) mass is 211 g/mol. The highest BCUT2D eigenvalue weighted by atomic mass is 35.5. The van der Waals surface area contributed by atoms with E-state index in [1.807, 2.05) is 6.92 Å². The SMILES string of the molecule is COc1ccc(Cl)c2c1C(C)C(=O)N2. The molecule has 4 heteroatoms. The van der Waals surface area contributed by atoms with Crippen molar-refractivity contribution in [3.8, 4) is 5.75 Å². The quantitative estimate of drug-likeness (QED) is 0.775. The number of amides is 1. The van der Waals surface area contributed by atoms with E-state index in [1.165, 1.54) is 0 Å². The van der Waals surface area contributed by atoms with Crippen LogP contribution >= 0.6 is 11.6 Å². The minimum atomic E-state index is -0.196. The van der Waals surface area contributed by atoms with Crippen molar-refractivity contribution in [2.75, 3.05) is 12.4 Å². The second-order valence-electron chi connectivity index (χ2n) is 3.25. The molecule has 1 unspecified atom stereocenters. The molecule has 0 fully saturated rings. The lowest BCUT2D eigenvalue weighted by atomic mass is 10.0. The third-order valence-corrected chi connectivity index (χ3v) is 2.76. The third-order valence-electron chi connectivity index (χ3n) is 2.45. The average Bonchev–Trinajstić information content (AvgIpc) is 2.47. The van der Waals surface area contributed by atoms with Gasteiger partial charge < -0.3 is 10.1 Å². The Labute approximate surface area is 87.0 Å². The van der Waals surface area contributed by atoms with Crippen molar-refractivity contribution >= 4 is 23.2 Å². The minimum Gasteiger partial charge on any atom is -0.496 e. The molecule has 74 valence electrons. The number of nitrogens with one attached hydrogen (secondary N) is 1. The molecule has 0 saturated carbocycles. The summed E-state index contributed by atoms with van der Waals surface area (Å²) in [4.78, 5) is 11.4. The maximum Gasteiger partial charge on any atom is 0.231 e. The summed E-state index contributed by atoms with van der Waals surface area (Å²) in [6.07, 6.45) is 0. The number of ether oxygens (including phenoxy) is 1. The molecule has 1 aromatic rings. The first-order valence-electron chi connectivity index (χ1n) is 4.32. The van der Waals surface area contributed by atoms with Crippen LogP contribution in [0, 0.1) is 0 Å². The predicted octanol–water partition coefficient (Wildman–Crippen LogP) is 2.40. The normalized spacial score (nSPS) is 19.1. The Morgan fingerprint density at radius 2 is 2.21 bits per heavy atom. The number of hydrogen-bond donors (Lipinski definition) is 1. The molecule has 1 aliphatic rings. The number of fused-ring (bicyclic) bond motifs is 1. The van der Waals surface area contributed by atoms with Crippen LogP contribution in [0.5, 0.6) is 5.75 Å². The Balaban J connectivity index is 2.64. The molecule has 0 bridgehead atoms. The van der Waals surface area contributed by atoms with Crippen LogP contribution in [0.3, 0.4) is 0 Å². The van der Waals surface area contributed by atoms with E-state index in [2.05, 4.69) is 5.32 Å². The Morgan fingerprint density at radius 3 is 2.86 bits per heavy atom. The summed E-state index contributed by atoms with van der Waals surface area (Å²) in [5.41, 5.74) is 1.54. The highest BCUT2D eigenvalue weighted by Crippen LogP contribution is 2.43. The van der Waals surface area contributed by atoms with Gasteiger partial charge in [-0.2, -0.15) is 0 Å². The molecular formula is C10H10ClNO2. The summed E-state index contributed by atoms with van der Waals surface area (Å²) in [6, 6.07) is 3.50. The zero-order valence-electron chi connectivity index (χ0n) is 7.93. The van der Waals surface area contributed by atoms with Crippen molar-refractivity contribution in [3.05, 3.63) is 22.7 Å². The lowest BCUT2D eigenvalue weighted by molar-refractivity contribution is -0.116. The molecule has 0 aromatic heterocycles. The Hall–Kier alpha value is -1.22. The van der Waals surface area contributed by atoms with Gasteiger partial charge in [0.2, 0.25) is 5.91 Å². The van der Waals surface area contributed by atoms with Crippen molar-refractivity contribution in [2.45, 2.75) is 12.8 Å². The fourth-order valence-corrected chi connectivity index (χ4v) is 1.88. The molecule has 3 nitrogen and oxygen atoms in total. The first-order chi connectivity index (χ1) is 6.65. The molecule has 1 N–H and O–H groups in total. The number of methoxy groups -OCH3 is 1. The van der Waals surface area contributed by atoms with E-state index in [4.69, 9.17) is 16.3 Å². The Morgan fingerprint density at radius 1 is 1.50 bits per heavy atom. The summed E-state index contributed by atoms with van der Waals surface area (Å²) in [6.45, 7) is 1.83. The number of rotatable bonds is 1. The molecule has 1 atom stereocenters. The standard InChI is InChI=1S/C10H10ClNO2/c1-5-8-7(14-2)4-3-6(11)9(8)12-10(5)13/h3-5H,1-2H3,(H,12,13). The van der Waals surface area contributed by atoms with Crippen molar-refractivity contribution in [3.63, 3.8) is 0 Å². The third kappa shape index (κ3) is 1.16. The van der Waals surface area contributed by atoms with Crippen LogP contribution in [0.2, 0.25) is 5.02 Å². The first-order valence-corrected chi connectivity index (χ1v) is 4.70. The molecule has 1 aromatic carbocycles. The number of benzene rings is 1. The summed E-state index contributed by atoms with van der Waals surface area (Å²) < 4.78 is 5.18. The van der Waals surface area contributed by atoms with Gasteiger partial charge in [-0.1, -0.05) is 11.6 Å². The van der Waals surface area contributed by atoms with E-state index in [1.54, 1.807) is 19.2 Å². The number of anilines is 1. The minimum absolute atomic E-state index is 0.0357. The fourth-order valence-electron chi connectivity index (χ4n) is 1.67. The van der Waals surface area contributed by atoms with Gasteiger partial charge in [-0.05, 0) is 19.1 Å². The van der Waals surface area contributed by atoms with Crippen LogP contribution in [0.25, 0.3) is 0 Å². The lowest BCUT2D eigenvalue weighted by Crippen LogP contribution is -2.08. The molecule has 1 aliphatic heterocycles. The van der Waals surface area contributed by atoms with Crippen LogP contribution in [0.1, 0.15) is 18.4 Å². The van der Waals surface area contributed by atoms with Crippen LogP contribution in [-0.4, -0.2) is 13.0 Å². The van der Waals surface area contributed by atoms with Gasteiger partial charge in [0.15, 0.2) is 0 Å². The van der Waals surface area contributed by atoms with Crippen LogP contribution in [0.15, 0.2) is 12.1 Å². The zero-order valence-corrected chi connectivity index (χ0v) is 8.68. The van der Waals surface area contributed by atoms with E-state index in [9.17, 15) is 4.79 Å². The lowest BCUT2D eigenvalue weighted by Gasteiger charge is -2.09. The molecule has 2 rings (SSSR count). The Kier molecular flexibility index (Phi) is 2.11. The topological polar surface area (TPSA) is 38.3 Å². The van der Waals surface area contributed by atoms with Gasteiger partial charge in [-0.15, -0.1) is 0 Å². The highest BCUT2D eigenvalue weighted by Gasteiger charge is 2.31. The van der Waals surface area contributed by atoms with Gasteiger partial charge in [0.25, 0.3) is 0 Å². The predicted molar refractivity (Wildman–Crippen MR) is 55.0 cm³/mol. The molecule has 0 saturated heterocycles. The number of carbonyl (C=O) groups excluding carboxylic acids is 1. The summed E-state index contributed by atoms with van der Waals surface area (Å²) in [5.74, 6) is 0.473. The molecular weight excluding hydrogens is 202 g/mol. The van der Waals surface area contributed by atoms with Gasteiger partial charge in [0.1, 0.15) is 5.75 Å². The number of carbonyl (C=O) groups is 1. The van der Waals surface area contributed by atoms with Gasteiger partial charge in [0.05, 0.1) is 23.7 Å². The van der Waals surface area contributed by atoms with Crippen molar-refractivity contribution < 1.29 is 9.53 Å². The van der Waals surface area contributed by atoms with Gasteiger partial charge in [-0.25, -0.2) is 0 Å². The van der Waals surface area contributed by atoms with Crippen LogP contribution in [0.4, 0.5) is 5.69 Å². The second-order valence-corrected chi connectivity index (χ2v) is 3.66. The maximum absolute atomic E-state index is 11.4. The van der Waals surface area contributed by atoms with Crippen LogP contribution < -0.4 is 10.1 Å². The van der Waals surface area contributed by atoms with E-state index in [-0.39, 0.29) is 11.8 Å². The van der Waals surface area contributed by atoms with E-state index < -0.39 is 0 Å². The van der Waals surface area contributed by atoms with E-state index >= 15 is 0 Å². The highest BCUT2D eigenvalue weighted by molar-refractivity contribution is 6.34. The van der Waals surface area contributed by atoms with E-state index in [0.717, 1.165) is 5.56 Å². The van der Waals surface area contributed by atoms with Gasteiger partial charge in [-0.3, -0.25) is 4.79 Å². The molecule has 1 heterocycles. The van der Waals surface area contributed by atoms with Crippen molar-refractivity contribution in [2.24, 2.45) is 0 Å². The largest absolute Gasteiger partial charge is 0.496 e. The average molecular weight is 212 g/mol. The molecule has 1 amide bonds. The van der Waals surface area contributed by atoms with Crippen LogP contribution in [-0.2, 0) is 4.79 Å². The second kappa shape index (κ2) is 3.17. The van der Waals surface area contributed by atoms with Gasteiger partial charge >= 0.3 is 0 Å². The first kappa shape index (κ1) is 9.34. The fraction of sp³-hybridized carbons (Fsp3) is 0.300. The number of hydrogen-bond acceptors (Lipinski definition) is 2. The maximum atomic E-state index is 11.4.